The molecule has 1 rings (SSSR count). The molecule has 0 aliphatic carbocycles. The molecular formula is C10H11FO4. The number of ether oxygens (including phenoxy) is 1. The summed E-state index contributed by atoms with van der Waals surface area (Å²) in [4.78, 5) is 10.5. The molecule has 0 heterocycles. The van der Waals surface area contributed by atoms with E-state index in [1.165, 1.54) is 7.11 Å². The second kappa shape index (κ2) is 4.27. The third-order valence-corrected chi connectivity index (χ3v) is 2.11. The average Bonchev–Trinajstić information content (AvgIpc) is 2.19. The van der Waals surface area contributed by atoms with E-state index in [1.54, 1.807) is 6.92 Å². The van der Waals surface area contributed by atoms with Gasteiger partial charge in [0.05, 0.1) is 7.11 Å². The zero-order chi connectivity index (χ0) is 11.6. The van der Waals surface area contributed by atoms with E-state index in [0.29, 0.717) is 5.56 Å². The third kappa shape index (κ3) is 2.24. The Bertz CT molecular complexity index is 389. The Kier molecular flexibility index (Phi) is 3.26. The maximum atomic E-state index is 13.0. The summed E-state index contributed by atoms with van der Waals surface area (Å²) in [5, 5.41) is 17.9. The summed E-state index contributed by atoms with van der Waals surface area (Å²) >= 11 is 0. The van der Waals surface area contributed by atoms with Crippen LogP contribution in [0.4, 0.5) is 4.39 Å². The molecule has 1 unspecified atom stereocenters. The Morgan fingerprint density at radius 1 is 1.53 bits per heavy atom. The first kappa shape index (κ1) is 11.5. The molecule has 15 heavy (non-hydrogen) atoms. The standard InChI is InChI=1S/C10H11FO4/c1-5-7(9(12)10(13)14)3-6(11)4-8(5)15-2/h3-4,9,12H,1-2H3,(H,13,14). The second-order valence-electron chi connectivity index (χ2n) is 3.06. The number of aliphatic carboxylic acids is 1. The molecule has 0 radical (unpaired) electrons. The van der Waals surface area contributed by atoms with Crippen LogP contribution in [0.2, 0.25) is 0 Å². The van der Waals surface area contributed by atoms with Gasteiger partial charge in [-0.25, -0.2) is 9.18 Å². The molecule has 0 aliphatic rings. The number of carboxylic acids is 1. The lowest BCUT2D eigenvalue weighted by molar-refractivity contribution is -0.147. The number of aliphatic hydroxyl groups excluding tert-OH is 1. The van der Waals surface area contributed by atoms with Crippen molar-refractivity contribution in [2.45, 2.75) is 13.0 Å². The van der Waals surface area contributed by atoms with Crippen molar-refractivity contribution in [2.75, 3.05) is 7.11 Å². The SMILES string of the molecule is COc1cc(F)cc(C(O)C(=O)O)c1C. The minimum absolute atomic E-state index is 0.000602. The van der Waals surface area contributed by atoms with Crippen LogP contribution in [0.15, 0.2) is 12.1 Å². The molecule has 0 bridgehead atoms. The highest BCUT2D eigenvalue weighted by molar-refractivity contribution is 5.75. The Morgan fingerprint density at radius 2 is 2.13 bits per heavy atom. The van der Waals surface area contributed by atoms with E-state index >= 15 is 0 Å². The Morgan fingerprint density at radius 3 is 2.60 bits per heavy atom. The van der Waals surface area contributed by atoms with Crippen LogP contribution >= 0.6 is 0 Å². The van der Waals surface area contributed by atoms with E-state index in [-0.39, 0.29) is 11.3 Å². The van der Waals surface area contributed by atoms with Crippen molar-refractivity contribution in [1.29, 1.82) is 0 Å². The summed E-state index contributed by atoms with van der Waals surface area (Å²) in [5.74, 6) is -1.86. The fourth-order valence-electron chi connectivity index (χ4n) is 1.30. The van der Waals surface area contributed by atoms with Crippen LogP contribution in [-0.2, 0) is 4.79 Å². The molecule has 2 N–H and O–H groups in total. The Hall–Kier alpha value is -1.62. The molecule has 0 spiro atoms. The molecular weight excluding hydrogens is 203 g/mol. The van der Waals surface area contributed by atoms with Gasteiger partial charge in [0.2, 0.25) is 0 Å². The Balaban J connectivity index is 3.28. The number of rotatable bonds is 3. The van der Waals surface area contributed by atoms with Gasteiger partial charge in [0.15, 0.2) is 6.10 Å². The fourth-order valence-corrected chi connectivity index (χ4v) is 1.30. The van der Waals surface area contributed by atoms with Crippen LogP contribution in [0.1, 0.15) is 17.2 Å². The van der Waals surface area contributed by atoms with E-state index in [9.17, 15) is 14.3 Å². The highest BCUT2D eigenvalue weighted by atomic mass is 19.1. The quantitative estimate of drug-likeness (QED) is 0.794. The third-order valence-electron chi connectivity index (χ3n) is 2.11. The molecule has 0 aliphatic heterocycles. The van der Waals surface area contributed by atoms with Gasteiger partial charge in [-0.2, -0.15) is 0 Å². The summed E-state index contributed by atoms with van der Waals surface area (Å²) in [5.41, 5.74) is 0.410. The predicted octanol–water partition coefficient (Wildman–Crippen LogP) is 1.26. The molecule has 1 aromatic carbocycles. The van der Waals surface area contributed by atoms with E-state index in [1.807, 2.05) is 0 Å². The highest BCUT2D eigenvalue weighted by Crippen LogP contribution is 2.27. The maximum absolute atomic E-state index is 13.0. The summed E-state index contributed by atoms with van der Waals surface area (Å²) < 4.78 is 17.9. The van der Waals surface area contributed by atoms with Crippen molar-refractivity contribution < 1.29 is 24.1 Å². The molecule has 0 fully saturated rings. The van der Waals surface area contributed by atoms with Gasteiger partial charge in [-0.1, -0.05) is 0 Å². The first-order valence-corrected chi connectivity index (χ1v) is 4.22. The number of hydrogen-bond acceptors (Lipinski definition) is 3. The highest BCUT2D eigenvalue weighted by Gasteiger charge is 2.21. The summed E-state index contributed by atoms with van der Waals surface area (Å²) in [6.45, 7) is 1.56. The van der Waals surface area contributed by atoms with Gasteiger partial charge in [0, 0.05) is 11.6 Å². The molecule has 0 saturated heterocycles. The zero-order valence-electron chi connectivity index (χ0n) is 8.32. The van der Waals surface area contributed by atoms with E-state index in [2.05, 4.69) is 0 Å². The summed E-state index contributed by atoms with van der Waals surface area (Å²) in [7, 11) is 1.35. The second-order valence-corrected chi connectivity index (χ2v) is 3.06. The van der Waals surface area contributed by atoms with E-state index in [4.69, 9.17) is 9.84 Å². The fraction of sp³-hybridized carbons (Fsp3) is 0.300. The van der Waals surface area contributed by atoms with Crippen molar-refractivity contribution in [3.05, 3.63) is 29.1 Å². The number of carboxylic acid groups (broad SMARTS) is 1. The minimum atomic E-state index is -1.74. The first-order valence-electron chi connectivity index (χ1n) is 4.22. The average molecular weight is 214 g/mol. The van der Waals surface area contributed by atoms with Gasteiger partial charge in [-0.15, -0.1) is 0 Å². The maximum Gasteiger partial charge on any atom is 0.337 e. The van der Waals surface area contributed by atoms with Crippen LogP contribution in [-0.4, -0.2) is 23.3 Å². The molecule has 1 aromatic rings. The monoisotopic (exact) mass is 214 g/mol. The van der Waals surface area contributed by atoms with E-state index < -0.39 is 17.9 Å². The van der Waals surface area contributed by atoms with Crippen molar-refractivity contribution >= 4 is 5.97 Å². The number of methoxy groups -OCH3 is 1. The summed E-state index contributed by atoms with van der Waals surface area (Å²) in [6.07, 6.45) is -1.74. The minimum Gasteiger partial charge on any atom is -0.496 e. The summed E-state index contributed by atoms with van der Waals surface area (Å²) in [6, 6.07) is 2.12. The molecule has 0 amide bonds. The molecule has 82 valence electrons. The van der Waals surface area contributed by atoms with Crippen molar-refractivity contribution in [3.8, 4) is 5.75 Å². The van der Waals surface area contributed by atoms with Gasteiger partial charge in [-0.05, 0) is 18.6 Å². The van der Waals surface area contributed by atoms with Crippen molar-refractivity contribution in [2.24, 2.45) is 0 Å². The molecule has 0 saturated carbocycles. The van der Waals surface area contributed by atoms with E-state index in [0.717, 1.165) is 12.1 Å². The van der Waals surface area contributed by atoms with Gasteiger partial charge in [0.25, 0.3) is 0 Å². The number of carbonyl (C=O) groups is 1. The van der Waals surface area contributed by atoms with Gasteiger partial charge in [-0.3, -0.25) is 0 Å². The molecule has 0 aromatic heterocycles. The van der Waals surface area contributed by atoms with Crippen LogP contribution in [0.3, 0.4) is 0 Å². The zero-order valence-corrected chi connectivity index (χ0v) is 8.32. The van der Waals surface area contributed by atoms with Gasteiger partial charge >= 0.3 is 5.97 Å². The largest absolute Gasteiger partial charge is 0.496 e. The van der Waals surface area contributed by atoms with Crippen molar-refractivity contribution in [1.82, 2.24) is 0 Å². The molecule has 4 nitrogen and oxygen atoms in total. The normalized spacial score (nSPS) is 12.3. The number of halogens is 1. The van der Waals surface area contributed by atoms with Crippen LogP contribution in [0, 0.1) is 12.7 Å². The van der Waals surface area contributed by atoms with Crippen molar-refractivity contribution in [3.63, 3.8) is 0 Å². The van der Waals surface area contributed by atoms with Gasteiger partial charge < -0.3 is 14.9 Å². The Labute approximate surface area is 85.9 Å². The number of hydrogen-bond donors (Lipinski definition) is 2. The van der Waals surface area contributed by atoms with Crippen LogP contribution in [0.5, 0.6) is 5.75 Å². The lowest BCUT2D eigenvalue weighted by Gasteiger charge is -2.13. The first-order chi connectivity index (χ1) is 6.97. The molecule has 5 heteroatoms. The van der Waals surface area contributed by atoms with Gasteiger partial charge in [0.1, 0.15) is 11.6 Å². The smallest absolute Gasteiger partial charge is 0.337 e. The number of benzene rings is 1. The number of aliphatic hydroxyl groups is 1. The lowest BCUT2D eigenvalue weighted by atomic mass is 10.0. The molecule has 1 atom stereocenters. The predicted molar refractivity (Wildman–Crippen MR) is 50.3 cm³/mol. The topological polar surface area (TPSA) is 66.8 Å². The lowest BCUT2D eigenvalue weighted by Crippen LogP contribution is -2.12. The van der Waals surface area contributed by atoms with Crippen LogP contribution < -0.4 is 4.74 Å². The van der Waals surface area contributed by atoms with Crippen LogP contribution in [0.25, 0.3) is 0 Å².